The number of hydrogen-bond acceptors (Lipinski definition) is 4. The van der Waals surface area contributed by atoms with Crippen LogP contribution in [0, 0.1) is 3.57 Å². The van der Waals surface area contributed by atoms with Crippen molar-refractivity contribution in [1.82, 2.24) is 9.97 Å². The van der Waals surface area contributed by atoms with Crippen LogP contribution < -0.4 is 5.56 Å². The van der Waals surface area contributed by atoms with E-state index >= 15 is 0 Å². The molecule has 0 aromatic carbocycles. The lowest BCUT2D eigenvalue weighted by Crippen LogP contribution is -2.23. The fourth-order valence-electron chi connectivity index (χ4n) is 0.829. The van der Waals surface area contributed by atoms with Gasteiger partial charge in [-0.15, -0.1) is 0 Å². The number of aromatic nitrogens is 2. The second-order valence-electron chi connectivity index (χ2n) is 3.27. The second kappa shape index (κ2) is 4.09. The maximum absolute atomic E-state index is 11.4. The van der Waals surface area contributed by atoms with Gasteiger partial charge in [-0.3, -0.25) is 4.79 Å². The maximum Gasteiger partial charge on any atom is 0.268 e. The Labute approximate surface area is 99.7 Å². The molecule has 0 spiro atoms. The number of aromatic hydroxyl groups is 1. The summed E-state index contributed by atoms with van der Waals surface area (Å²) in [5.41, 5.74) is -0.296. The highest BCUT2D eigenvalue weighted by Gasteiger charge is 2.23. The van der Waals surface area contributed by atoms with E-state index in [1.54, 1.807) is 34.4 Å². The van der Waals surface area contributed by atoms with Gasteiger partial charge in [0.1, 0.15) is 9.39 Å². The standard InChI is InChI=1S/C8H11IN2O2S/c1-8(2,14-3)7-10-5(12)4(9)6(13)11-7/h1-3H3,(H2,10,11,12,13). The van der Waals surface area contributed by atoms with Gasteiger partial charge in [0.25, 0.3) is 5.56 Å². The Bertz CT molecular complexity index is 403. The molecule has 78 valence electrons. The fourth-order valence-corrected chi connectivity index (χ4v) is 1.37. The van der Waals surface area contributed by atoms with E-state index < -0.39 is 0 Å². The summed E-state index contributed by atoms with van der Waals surface area (Å²) in [6, 6.07) is 0. The minimum atomic E-state index is -0.305. The molecule has 2 N–H and O–H groups in total. The fraction of sp³-hybridized carbons (Fsp3) is 0.500. The number of halogens is 1. The first-order valence-electron chi connectivity index (χ1n) is 3.93. The molecule has 0 aliphatic rings. The largest absolute Gasteiger partial charge is 0.492 e. The first-order valence-corrected chi connectivity index (χ1v) is 6.23. The van der Waals surface area contributed by atoms with E-state index in [1.165, 1.54) is 0 Å². The zero-order chi connectivity index (χ0) is 10.9. The van der Waals surface area contributed by atoms with Crippen molar-refractivity contribution in [2.75, 3.05) is 6.26 Å². The molecule has 0 amide bonds. The van der Waals surface area contributed by atoms with Crippen molar-refractivity contribution in [3.05, 3.63) is 19.7 Å². The molecule has 1 aromatic heterocycles. The Hall–Kier alpha value is -0.240. The van der Waals surface area contributed by atoms with Crippen LogP contribution in [-0.4, -0.2) is 21.3 Å². The van der Waals surface area contributed by atoms with Gasteiger partial charge >= 0.3 is 0 Å². The number of H-pyrrole nitrogens is 1. The van der Waals surface area contributed by atoms with Crippen molar-refractivity contribution in [2.45, 2.75) is 18.6 Å². The molecule has 0 aliphatic heterocycles. The number of aromatic amines is 1. The lowest BCUT2D eigenvalue weighted by molar-refractivity contribution is 0.439. The maximum atomic E-state index is 11.4. The van der Waals surface area contributed by atoms with Crippen molar-refractivity contribution in [2.24, 2.45) is 0 Å². The molecule has 1 heterocycles. The molecule has 0 saturated heterocycles. The molecule has 0 aliphatic carbocycles. The number of rotatable bonds is 2. The molecule has 1 rings (SSSR count). The molecule has 4 nitrogen and oxygen atoms in total. The average molecular weight is 326 g/mol. The summed E-state index contributed by atoms with van der Waals surface area (Å²) in [6.07, 6.45) is 1.93. The van der Waals surface area contributed by atoms with Gasteiger partial charge in [-0.1, -0.05) is 0 Å². The summed E-state index contributed by atoms with van der Waals surface area (Å²) in [6.45, 7) is 3.87. The molecule has 0 saturated carbocycles. The monoisotopic (exact) mass is 326 g/mol. The molecule has 14 heavy (non-hydrogen) atoms. The van der Waals surface area contributed by atoms with Crippen molar-refractivity contribution < 1.29 is 5.11 Å². The van der Waals surface area contributed by atoms with E-state index in [4.69, 9.17) is 0 Å². The quantitative estimate of drug-likeness (QED) is 0.812. The Morgan fingerprint density at radius 3 is 2.57 bits per heavy atom. The van der Waals surface area contributed by atoms with Crippen LogP contribution in [0.15, 0.2) is 4.79 Å². The topological polar surface area (TPSA) is 66.0 Å². The lowest BCUT2D eigenvalue weighted by atomic mass is 10.2. The molecular weight excluding hydrogens is 315 g/mol. The van der Waals surface area contributed by atoms with Gasteiger partial charge < -0.3 is 10.1 Å². The molecule has 1 aromatic rings. The third-order valence-corrected chi connectivity index (χ3v) is 4.11. The molecule has 0 bridgehead atoms. The summed E-state index contributed by atoms with van der Waals surface area (Å²) >= 11 is 3.32. The van der Waals surface area contributed by atoms with E-state index in [2.05, 4.69) is 9.97 Å². The molecule has 0 radical (unpaired) electrons. The van der Waals surface area contributed by atoms with E-state index in [-0.39, 0.29) is 19.8 Å². The van der Waals surface area contributed by atoms with Crippen LogP contribution in [-0.2, 0) is 4.75 Å². The number of nitrogens with one attached hydrogen (secondary N) is 1. The smallest absolute Gasteiger partial charge is 0.268 e. The van der Waals surface area contributed by atoms with E-state index in [0.717, 1.165) is 0 Å². The molecule has 0 atom stereocenters. The zero-order valence-corrected chi connectivity index (χ0v) is 11.1. The highest BCUT2D eigenvalue weighted by Crippen LogP contribution is 2.31. The van der Waals surface area contributed by atoms with Crippen LogP contribution in [0.25, 0.3) is 0 Å². The van der Waals surface area contributed by atoms with Crippen LogP contribution in [0.4, 0.5) is 0 Å². The van der Waals surface area contributed by atoms with Gasteiger partial charge in [0.2, 0.25) is 5.88 Å². The van der Waals surface area contributed by atoms with Crippen molar-refractivity contribution in [1.29, 1.82) is 0 Å². The Morgan fingerprint density at radius 1 is 1.57 bits per heavy atom. The van der Waals surface area contributed by atoms with Gasteiger partial charge in [-0.05, 0) is 42.7 Å². The lowest BCUT2D eigenvalue weighted by Gasteiger charge is -2.20. The normalized spacial score (nSPS) is 11.7. The molecule has 6 heteroatoms. The van der Waals surface area contributed by atoms with Gasteiger partial charge in [0.15, 0.2) is 0 Å². The summed E-state index contributed by atoms with van der Waals surface area (Å²) < 4.78 is -0.0793. The Balaban J connectivity index is 3.33. The third kappa shape index (κ3) is 2.22. The van der Waals surface area contributed by atoms with Crippen molar-refractivity contribution >= 4 is 34.4 Å². The Morgan fingerprint density at radius 2 is 2.14 bits per heavy atom. The van der Waals surface area contributed by atoms with Crippen molar-refractivity contribution in [3.8, 4) is 5.88 Å². The van der Waals surface area contributed by atoms with Crippen LogP contribution in [0.3, 0.4) is 0 Å². The summed E-state index contributed by atoms with van der Waals surface area (Å²) in [7, 11) is 0. The predicted octanol–water partition coefficient (Wildman–Crippen LogP) is 1.68. The van der Waals surface area contributed by atoms with Gasteiger partial charge in [-0.25, -0.2) is 0 Å². The van der Waals surface area contributed by atoms with E-state index in [1.807, 2.05) is 20.1 Å². The van der Waals surface area contributed by atoms with Crippen LogP contribution >= 0.6 is 34.4 Å². The first kappa shape index (κ1) is 11.8. The molecule has 0 fully saturated rings. The minimum absolute atomic E-state index is 0.202. The van der Waals surface area contributed by atoms with Crippen LogP contribution in [0.5, 0.6) is 5.88 Å². The first-order chi connectivity index (χ1) is 6.38. The van der Waals surface area contributed by atoms with Gasteiger partial charge in [0.05, 0.1) is 4.75 Å². The van der Waals surface area contributed by atoms with Crippen LogP contribution in [0.2, 0.25) is 0 Å². The Kier molecular flexibility index (Phi) is 3.46. The highest BCUT2D eigenvalue weighted by atomic mass is 127. The second-order valence-corrected chi connectivity index (χ2v) is 5.77. The molecule has 0 unspecified atom stereocenters. The minimum Gasteiger partial charge on any atom is -0.492 e. The van der Waals surface area contributed by atoms with Gasteiger partial charge in [0, 0.05) is 0 Å². The number of hydrogen-bond donors (Lipinski definition) is 2. The van der Waals surface area contributed by atoms with E-state index in [0.29, 0.717) is 5.82 Å². The van der Waals surface area contributed by atoms with Gasteiger partial charge in [-0.2, -0.15) is 16.7 Å². The van der Waals surface area contributed by atoms with Crippen LogP contribution in [0.1, 0.15) is 19.7 Å². The SMILES string of the molecule is CSC(C)(C)c1nc(O)c(I)c(=O)[nH]1. The third-order valence-electron chi connectivity index (χ3n) is 1.93. The summed E-state index contributed by atoms with van der Waals surface area (Å²) in [4.78, 5) is 18.0. The zero-order valence-electron chi connectivity index (χ0n) is 8.09. The number of thioether (sulfide) groups is 1. The van der Waals surface area contributed by atoms with Crippen molar-refractivity contribution in [3.63, 3.8) is 0 Å². The summed E-state index contributed by atoms with van der Waals surface area (Å²) in [5.74, 6) is 0.291. The number of nitrogens with zero attached hydrogens (tertiary/aromatic N) is 1. The predicted molar refractivity (Wildman–Crippen MR) is 65.8 cm³/mol. The average Bonchev–Trinajstić information content (AvgIpc) is 2.13. The van der Waals surface area contributed by atoms with E-state index in [9.17, 15) is 9.90 Å². The highest BCUT2D eigenvalue weighted by molar-refractivity contribution is 14.1. The summed E-state index contributed by atoms with van der Waals surface area (Å²) in [5, 5.41) is 9.39. The molecular formula is C8H11IN2O2S.